The minimum absolute atomic E-state index is 0.254. The molecule has 0 aliphatic heterocycles. The lowest BCUT2D eigenvalue weighted by molar-refractivity contribution is -0.140. The molecule has 0 spiro atoms. The number of allylic oxidation sites excluding steroid dienone is 3. The third-order valence-electron chi connectivity index (χ3n) is 2.74. The second kappa shape index (κ2) is 8.09. The molecule has 3 heteroatoms. The number of carboxylic acids is 1. The Morgan fingerprint density at radius 2 is 2.00 bits per heavy atom. The number of aliphatic carboxylic acids is 1. The first-order valence-electron chi connectivity index (χ1n) is 6.48. The van der Waals surface area contributed by atoms with Crippen LogP contribution in [0.25, 0.3) is 0 Å². The van der Waals surface area contributed by atoms with Crippen LogP contribution in [0, 0.1) is 5.92 Å². The molecule has 0 aromatic heterocycles. The van der Waals surface area contributed by atoms with Gasteiger partial charge in [0.15, 0.2) is 0 Å². The van der Waals surface area contributed by atoms with E-state index in [1.807, 2.05) is 6.08 Å². The summed E-state index contributed by atoms with van der Waals surface area (Å²) in [5.41, 5.74) is 0.0907. The van der Waals surface area contributed by atoms with Crippen LogP contribution in [0.3, 0.4) is 0 Å². The molecule has 0 fully saturated rings. The minimum Gasteiger partial charge on any atom is -0.481 e. The fraction of sp³-hybridized carbons (Fsp3) is 0.667. The van der Waals surface area contributed by atoms with Crippen molar-refractivity contribution in [2.24, 2.45) is 5.92 Å². The molecule has 2 N–H and O–H groups in total. The summed E-state index contributed by atoms with van der Waals surface area (Å²) in [5, 5.41) is 18.4. The number of carbonyl (C=O) groups is 1. The number of rotatable bonds is 8. The van der Waals surface area contributed by atoms with Crippen LogP contribution in [0.15, 0.2) is 23.8 Å². The Labute approximate surface area is 110 Å². The fourth-order valence-electron chi connectivity index (χ4n) is 1.69. The summed E-state index contributed by atoms with van der Waals surface area (Å²) in [6.45, 7) is 7.86. The smallest absolute Gasteiger partial charge is 0.306 e. The molecule has 3 nitrogen and oxygen atoms in total. The molecule has 0 aliphatic rings. The normalized spacial score (nSPS) is 16.3. The second-order valence-corrected chi connectivity index (χ2v) is 5.53. The fourth-order valence-corrected chi connectivity index (χ4v) is 1.69. The highest BCUT2D eigenvalue weighted by molar-refractivity contribution is 5.68. The van der Waals surface area contributed by atoms with Gasteiger partial charge in [-0.1, -0.05) is 30.7 Å². The molecule has 0 rings (SSSR count). The molecule has 0 saturated carbocycles. The summed E-state index contributed by atoms with van der Waals surface area (Å²) in [7, 11) is 0. The van der Waals surface area contributed by atoms with E-state index in [9.17, 15) is 9.90 Å². The van der Waals surface area contributed by atoms with E-state index in [2.05, 4.69) is 26.8 Å². The second-order valence-electron chi connectivity index (χ2n) is 5.53. The van der Waals surface area contributed by atoms with Gasteiger partial charge in [-0.3, -0.25) is 4.79 Å². The standard InChI is InChI=1S/C15H26O3/c1-12(2)7-5-8-13(3)9-6-10-15(4,18)11-14(16)17/h6-7,10,13,18H,5,8-9,11H2,1-4H3,(H,16,17). The first-order valence-corrected chi connectivity index (χ1v) is 6.48. The first-order chi connectivity index (χ1) is 8.23. The van der Waals surface area contributed by atoms with Crippen LogP contribution in [-0.2, 0) is 4.79 Å². The number of carboxylic acid groups (broad SMARTS) is 1. The summed E-state index contributed by atoms with van der Waals surface area (Å²) in [6, 6.07) is 0. The Morgan fingerprint density at radius 1 is 1.39 bits per heavy atom. The molecule has 0 bridgehead atoms. The number of hydrogen-bond acceptors (Lipinski definition) is 2. The summed E-state index contributed by atoms with van der Waals surface area (Å²) in [6.07, 6.45) is 8.50. The van der Waals surface area contributed by atoms with Gasteiger partial charge in [-0.2, -0.15) is 0 Å². The molecule has 0 aromatic rings. The Hall–Kier alpha value is -1.09. The van der Waals surface area contributed by atoms with Crippen molar-refractivity contribution in [1.29, 1.82) is 0 Å². The van der Waals surface area contributed by atoms with Crippen LogP contribution in [0.1, 0.15) is 53.4 Å². The van der Waals surface area contributed by atoms with Crippen molar-refractivity contribution in [1.82, 2.24) is 0 Å². The van der Waals surface area contributed by atoms with Crippen molar-refractivity contribution in [3.05, 3.63) is 23.8 Å². The van der Waals surface area contributed by atoms with E-state index < -0.39 is 11.6 Å². The third-order valence-corrected chi connectivity index (χ3v) is 2.74. The highest BCUT2D eigenvalue weighted by Gasteiger charge is 2.20. The highest BCUT2D eigenvalue weighted by Crippen LogP contribution is 2.16. The Kier molecular flexibility index (Phi) is 7.60. The molecule has 18 heavy (non-hydrogen) atoms. The maximum atomic E-state index is 10.5. The van der Waals surface area contributed by atoms with E-state index in [-0.39, 0.29) is 6.42 Å². The summed E-state index contributed by atoms with van der Waals surface area (Å²) in [4.78, 5) is 10.5. The van der Waals surface area contributed by atoms with Crippen LogP contribution < -0.4 is 0 Å². The van der Waals surface area contributed by atoms with Gasteiger partial charge in [-0.25, -0.2) is 0 Å². The lowest BCUT2D eigenvalue weighted by Gasteiger charge is -2.16. The van der Waals surface area contributed by atoms with Crippen molar-refractivity contribution in [2.45, 2.75) is 59.0 Å². The quantitative estimate of drug-likeness (QED) is 0.651. The van der Waals surface area contributed by atoms with E-state index in [1.54, 1.807) is 6.08 Å². The molecule has 0 saturated heterocycles. The van der Waals surface area contributed by atoms with Gasteiger partial charge in [-0.15, -0.1) is 0 Å². The molecular formula is C15H26O3. The van der Waals surface area contributed by atoms with Crippen LogP contribution in [0.5, 0.6) is 0 Å². The van der Waals surface area contributed by atoms with Gasteiger partial charge in [0.1, 0.15) is 0 Å². The topological polar surface area (TPSA) is 57.5 Å². The van der Waals surface area contributed by atoms with Crippen LogP contribution in [0.2, 0.25) is 0 Å². The number of hydrogen-bond donors (Lipinski definition) is 2. The van der Waals surface area contributed by atoms with Gasteiger partial charge in [0.25, 0.3) is 0 Å². The zero-order valence-corrected chi connectivity index (χ0v) is 11.9. The van der Waals surface area contributed by atoms with Crippen molar-refractivity contribution < 1.29 is 15.0 Å². The average Bonchev–Trinajstić information content (AvgIpc) is 2.14. The van der Waals surface area contributed by atoms with Gasteiger partial charge in [-0.05, 0) is 46.0 Å². The molecule has 0 radical (unpaired) electrons. The Balaban J connectivity index is 4.00. The van der Waals surface area contributed by atoms with Crippen molar-refractivity contribution in [3.63, 3.8) is 0 Å². The molecule has 104 valence electrons. The largest absolute Gasteiger partial charge is 0.481 e. The Morgan fingerprint density at radius 3 is 2.50 bits per heavy atom. The maximum absolute atomic E-state index is 10.5. The summed E-state index contributed by atoms with van der Waals surface area (Å²) >= 11 is 0. The van der Waals surface area contributed by atoms with Gasteiger partial charge in [0.05, 0.1) is 12.0 Å². The monoisotopic (exact) mass is 254 g/mol. The molecular weight excluding hydrogens is 228 g/mol. The predicted molar refractivity (Wildman–Crippen MR) is 74.5 cm³/mol. The van der Waals surface area contributed by atoms with E-state index in [0.29, 0.717) is 5.92 Å². The SMILES string of the molecule is CC(C)=CCCC(C)CC=CC(C)(O)CC(=O)O. The van der Waals surface area contributed by atoms with Crippen LogP contribution in [0.4, 0.5) is 0 Å². The maximum Gasteiger partial charge on any atom is 0.306 e. The number of aliphatic hydroxyl groups is 1. The van der Waals surface area contributed by atoms with Crippen molar-refractivity contribution >= 4 is 5.97 Å². The summed E-state index contributed by atoms with van der Waals surface area (Å²) in [5.74, 6) is -0.446. The van der Waals surface area contributed by atoms with Crippen molar-refractivity contribution in [3.8, 4) is 0 Å². The first kappa shape index (κ1) is 16.9. The van der Waals surface area contributed by atoms with Gasteiger partial charge in [0, 0.05) is 0 Å². The van der Waals surface area contributed by atoms with E-state index >= 15 is 0 Å². The lowest BCUT2D eigenvalue weighted by atomic mass is 9.97. The predicted octanol–water partition coefficient (Wildman–Crippen LogP) is 3.54. The Bertz CT molecular complexity index is 310. The molecule has 0 aliphatic carbocycles. The minimum atomic E-state index is -1.24. The molecule has 0 aromatic carbocycles. The lowest BCUT2D eigenvalue weighted by Crippen LogP contribution is -2.24. The van der Waals surface area contributed by atoms with Gasteiger partial charge >= 0.3 is 5.97 Å². The molecule has 0 heterocycles. The van der Waals surface area contributed by atoms with Gasteiger partial charge in [0.2, 0.25) is 0 Å². The van der Waals surface area contributed by atoms with Gasteiger partial charge < -0.3 is 10.2 Å². The summed E-state index contributed by atoms with van der Waals surface area (Å²) < 4.78 is 0. The zero-order valence-electron chi connectivity index (χ0n) is 11.9. The van der Waals surface area contributed by atoms with Crippen LogP contribution in [-0.4, -0.2) is 21.8 Å². The third kappa shape index (κ3) is 10.1. The van der Waals surface area contributed by atoms with Crippen LogP contribution >= 0.6 is 0 Å². The van der Waals surface area contributed by atoms with E-state index in [1.165, 1.54) is 12.5 Å². The van der Waals surface area contributed by atoms with E-state index in [4.69, 9.17) is 5.11 Å². The van der Waals surface area contributed by atoms with E-state index in [0.717, 1.165) is 19.3 Å². The van der Waals surface area contributed by atoms with Crippen molar-refractivity contribution in [2.75, 3.05) is 0 Å². The molecule has 2 atom stereocenters. The highest BCUT2D eigenvalue weighted by atomic mass is 16.4. The molecule has 2 unspecified atom stereocenters. The average molecular weight is 254 g/mol. The molecule has 0 amide bonds. The zero-order chi connectivity index (χ0) is 14.2.